The van der Waals surface area contributed by atoms with Gasteiger partial charge in [0.25, 0.3) is 0 Å². The predicted molar refractivity (Wildman–Crippen MR) is 89.0 cm³/mol. The summed E-state index contributed by atoms with van der Waals surface area (Å²) in [6, 6.07) is 1.25. The first kappa shape index (κ1) is 21.5. The van der Waals surface area contributed by atoms with E-state index in [1.807, 2.05) is 0 Å². The topological polar surface area (TPSA) is 163 Å². The lowest BCUT2D eigenvalue weighted by molar-refractivity contribution is -0.162. The largest absolute Gasteiger partial charge is 0.469 e. The van der Waals surface area contributed by atoms with Crippen molar-refractivity contribution in [3.8, 4) is 0 Å². The number of carbonyl (C=O) groups is 1. The van der Waals surface area contributed by atoms with Crippen LogP contribution in [0.5, 0.6) is 0 Å². The highest BCUT2D eigenvalue weighted by Crippen LogP contribution is 2.45. The van der Waals surface area contributed by atoms with Crippen LogP contribution in [0.3, 0.4) is 0 Å². The highest BCUT2D eigenvalue weighted by Gasteiger charge is 2.58. The highest BCUT2D eigenvalue weighted by molar-refractivity contribution is 7.46. The summed E-state index contributed by atoms with van der Waals surface area (Å²) in [5.41, 5.74) is 2.06. The van der Waals surface area contributed by atoms with E-state index in [0.717, 1.165) is 17.7 Å². The molecule has 2 rings (SSSR count). The van der Waals surface area contributed by atoms with Crippen molar-refractivity contribution < 1.29 is 37.5 Å². The minimum atomic E-state index is -4.89. The van der Waals surface area contributed by atoms with Crippen molar-refractivity contribution in [1.29, 1.82) is 0 Å². The zero-order valence-electron chi connectivity index (χ0n) is 14.8. The number of carbonyl (C=O) groups excluding carboxylic acids is 1. The van der Waals surface area contributed by atoms with Gasteiger partial charge in [-0.3, -0.25) is 13.9 Å². The Labute approximate surface area is 153 Å². The number of ether oxygens (including phenoxy) is 2. The van der Waals surface area contributed by atoms with E-state index in [9.17, 15) is 14.2 Å². The number of hydrogen-bond acceptors (Lipinski definition) is 8. The van der Waals surface area contributed by atoms with Crippen molar-refractivity contribution in [3.63, 3.8) is 0 Å². The molecule has 0 radical (unpaired) electrons. The monoisotopic (exact) mass is 409 g/mol. The fraction of sp³-hybridized carbons (Fsp3) is 0.643. The first-order valence-corrected chi connectivity index (χ1v) is 9.45. The van der Waals surface area contributed by atoms with Gasteiger partial charge >= 0.3 is 19.5 Å². The summed E-state index contributed by atoms with van der Waals surface area (Å²) in [4.78, 5) is 45.2. The summed E-state index contributed by atoms with van der Waals surface area (Å²) in [5.74, 6) is -1.43. The Morgan fingerprint density at radius 3 is 2.70 bits per heavy atom. The van der Waals surface area contributed by atoms with E-state index in [1.54, 1.807) is 0 Å². The average Bonchev–Trinajstić information content (AvgIpc) is 2.76. The molecule has 1 aliphatic rings. The molecule has 0 bridgehead atoms. The molecule has 2 unspecified atom stereocenters. The van der Waals surface area contributed by atoms with Crippen LogP contribution in [0.1, 0.15) is 27.0 Å². The highest BCUT2D eigenvalue weighted by atomic mass is 31.2. The molecule has 0 aromatic carbocycles. The SMILES string of the molecule is CC(C)C(=O)O[C@@H]1C(COP(=O)(O)O)OC(n2ccc(N)nc2=O)[C@]1(C)F. The molecule has 1 aromatic rings. The second kappa shape index (κ2) is 7.64. The number of nitrogen functional groups attached to an aromatic ring is 1. The minimum absolute atomic E-state index is 0.0843. The second-order valence-electron chi connectivity index (χ2n) is 6.52. The molecule has 27 heavy (non-hydrogen) atoms. The van der Waals surface area contributed by atoms with Crippen LogP contribution >= 0.6 is 7.82 Å². The average molecular weight is 409 g/mol. The molecule has 4 N–H and O–H groups in total. The summed E-state index contributed by atoms with van der Waals surface area (Å²) in [7, 11) is -4.89. The molecule has 0 aliphatic carbocycles. The number of rotatable bonds is 6. The van der Waals surface area contributed by atoms with Crippen LogP contribution in [0.4, 0.5) is 10.2 Å². The number of halogens is 1. The summed E-state index contributed by atoms with van der Waals surface area (Å²) in [6.07, 6.45) is -3.41. The smallest absolute Gasteiger partial charge is 0.456 e. The third-order valence-corrected chi connectivity index (χ3v) is 4.39. The van der Waals surface area contributed by atoms with Gasteiger partial charge in [0.05, 0.1) is 12.5 Å². The zero-order chi connectivity index (χ0) is 20.6. The van der Waals surface area contributed by atoms with Crippen LogP contribution in [-0.4, -0.2) is 49.8 Å². The Kier molecular flexibility index (Phi) is 6.07. The van der Waals surface area contributed by atoms with Gasteiger partial charge in [-0.2, -0.15) is 4.98 Å². The van der Waals surface area contributed by atoms with Gasteiger partial charge in [-0.1, -0.05) is 13.8 Å². The summed E-state index contributed by atoms with van der Waals surface area (Å²) in [6.45, 7) is 3.32. The number of hydrogen-bond donors (Lipinski definition) is 3. The van der Waals surface area contributed by atoms with Crippen LogP contribution in [0.15, 0.2) is 17.1 Å². The fourth-order valence-electron chi connectivity index (χ4n) is 2.57. The Hall–Kier alpha value is -1.85. The molecule has 1 saturated heterocycles. The van der Waals surface area contributed by atoms with E-state index >= 15 is 4.39 Å². The van der Waals surface area contributed by atoms with Gasteiger partial charge in [0.15, 0.2) is 18.0 Å². The Bertz CT molecular complexity index is 808. The van der Waals surface area contributed by atoms with E-state index < -0.39 is 56.1 Å². The number of nitrogens with zero attached hydrogens (tertiary/aromatic N) is 2. The maximum Gasteiger partial charge on any atom is 0.469 e. The summed E-state index contributed by atoms with van der Waals surface area (Å²) < 4.78 is 42.3. The maximum absolute atomic E-state index is 15.5. The van der Waals surface area contributed by atoms with Crippen LogP contribution in [0.2, 0.25) is 0 Å². The lowest BCUT2D eigenvalue weighted by Gasteiger charge is -2.28. The number of nitrogens with two attached hydrogens (primary N) is 1. The third-order valence-electron chi connectivity index (χ3n) is 3.91. The molecule has 1 aromatic heterocycles. The van der Waals surface area contributed by atoms with Gasteiger partial charge in [0.2, 0.25) is 0 Å². The lowest BCUT2D eigenvalue weighted by Crippen LogP contribution is -2.46. The third kappa shape index (κ3) is 4.90. The van der Waals surface area contributed by atoms with Gasteiger partial charge in [-0.25, -0.2) is 13.8 Å². The molecule has 1 fully saturated rings. The molecule has 1 aliphatic heterocycles. The van der Waals surface area contributed by atoms with Crippen molar-refractivity contribution in [3.05, 3.63) is 22.7 Å². The van der Waals surface area contributed by atoms with Crippen molar-refractivity contribution >= 4 is 19.6 Å². The predicted octanol–water partition coefficient (Wildman–Crippen LogP) is 0.128. The minimum Gasteiger partial charge on any atom is -0.456 e. The molecule has 11 nitrogen and oxygen atoms in total. The van der Waals surface area contributed by atoms with Crippen LogP contribution < -0.4 is 11.4 Å². The molecule has 2 heterocycles. The molecular formula is C14H21FN3O8P. The molecule has 0 amide bonds. The molecule has 0 saturated carbocycles. The summed E-state index contributed by atoms with van der Waals surface area (Å²) >= 11 is 0. The Balaban J connectivity index is 2.38. The van der Waals surface area contributed by atoms with E-state index in [1.165, 1.54) is 19.9 Å². The maximum atomic E-state index is 15.5. The molecule has 0 spiro atoms. The van der Waals surface area contributed by atoms with Gasteiger partial charge < -0.3 is 25.0 Å². The number of esters is 1. The molecule has 4 atom stereocenters. The van der Waals surface area contributed by atoms with Crippen molar-refractivity contribution in [2.45, 2.75) is 44.9 Å². The van der Waals surface area contributed by atoms with Crippen LogP contribution in [0, 0.1) is 5.92 Å². The first-order chi connectivity index (χ1) is 12.3. The van der Waals surface area contributed by atoms with Crippen molar-refractivity contribution in [2.75, 3.05) is 12.3 Å². The quantitative estimate of drug-likeness (QED) is 0.434. The van der Waals surface area contributed by atoms with E-state index in [4.69, 9.17) is 25.0 Å². The number of phosphoric ester groups is 1. The standard InChI is InChI=1S/C14H21FN3O8P/c1-7(2)11(19)26-10-8(6-24-27(21,22)23)25-12(14(10,3)15)18-5-4-9(16)17-13(18)20/h4-5,7-8,10,12H,6H2,1-3H3,(H2,16,17,20)(H2,21,22,23)/t8?,10-,12?,14-/m1/s1. The van der Waals surface area contributed by atoms with Gasteiger partial charge in [-0.15, -0.1) is 0 Å². The molecule has 152 valence electrons. The summed E-state index contributed by atoms with van der Waals surface area (Å²) in [5, 5.41) is 0. The Morgan fingerprint density at radius 1 is 1.56 bits per heavy atom. The van der Waals surface area contributed by atoms with Crippen LogP contribution in [-0.2, 0) is 23.4 Å². The molecule has 13 heteroatoms. The lowest BCUT2D eigenvalue weighted by atomic mass is 9.98. The van der Waals surface area contributed by atoms with Crippen molar-refractivity contribution in [1.82, 2.24) is 9.55 Å². The first-order valence-electron chi connectivity index (χ1n) is 7.92. The van der Waals surface area contributed by atoms with Gasteiger partial charge in [0.1, 0.15) is 11.9 Å². The van der Waals surface area contributed by atoms with Gasteiger partial charge in [-0.05, 0) is 13.0 Å². The number of aromatic nitrogens is 2. The number of alkyl halides is 1. The number of anilines is 1. The second-order valence-corrected chi connectivity index (χ2v) is 7.76. The normalized spacial score (nSPS) is 28.5. The van der Waals surface area contributed by atoms with Crippen molar-refractivity contribution in [2.24, 2.45) is 5.92 Å². The molecular weight excluding hydrogens is 388 g/mol. The Morgan fingerprint density at radius 2 is 2.19 bits per heavy atom. The van der Waals surface area contributed by atoms with E-state index in [0.29, 0.717) is 0 Å². The van der Waals surface area contributed by atoms with Gasteiger partial charge in [0, 0.05) is 6.20 Å². The number of phosphoric acid groups is 1. The van der Waals surface area contributed by atoms with E-state index in [2.05, 4.69) is 9.51 Å². The van der Waals surface area contributed by atoms with Crippen LogP contribution in [0.25, 0.3) is 0 Å². The zero-order valence-corrected chi connectivity index (χ0v) is 15.7. The fourth-order valence-corrected chi connectivity index (χ4v) is 2.91. The van der Waals surface area contributed by atoms with E-state index in [-0.39, 0.29) is 5.82 Å².